The zero-order chi connectivity index (χ0) is 16.2. The first kappa shape index (κ1) is 15.6. The summed E-state index contributed by atoms with van der Waals surface area (Å²) in [5.41, 5.74) is 0.502. The molecule has 0 aliphatic rings. The first-order valence-electron chi connectivity index (χ1n) is 6.83. The number of carbonyl (C=O) groups excluding carboxylic acids is 1. The Balaban J connectivity index is 1.91. The van der Waals surface area contributed by atoms with Crippen LogP contribution in [0.15, 0.2) is 67.3 Å². The van der Waals surface area contributed by atoms with Gasteiger partial charge in [-0.2, -0.15) is 0 Å². The third-order valence-corrected chi connectivity index (χ3v) is 3.71. The molecular formula is C17H12Cl2N2O2. The molecule has 0 aliphatic carbocycles. The molecule has 0 aliphatic heterocycles. The average molecular weight is 347 g/mol. The number of carbonyl (C=O) groups is 1. The van der Waals surface area contributed by atoms with Crippen molar-refractivity contribution < 1.29 is 9.53 Å². The van der Waals surface area contributed by atoms with Gasteiger partial charge in [0.25, 0.3) is 0 Å². The van der Waals surface area contributed by atoms with Crippen LogP contribution in [-0.4, -0.2) is 15.3 Å². The van der Waals surface area contributed by atoms with Crippen LogP contribution in [0.4, 0.5) is 0 Å². The van der Waals surface area contributed by atoms with Gasteiger partial charge in [0.2, 0.25) is 12.0 Å². The lowest BCUT2D eigenvalue weighted by Gasteiger charge is -2.19. The lowest BCUT2D eigenvalue weighted by Crippen LogP contribution is -2.24. The Morgan fingerprint density at radius 2 is 1.61 bits per heavy atom. The fourth-order valence-corrected chi connectivity index (χ4v) is 2.31. The Hall–Kier alpha value is -2.30. The smallest absolute Gasteiger partial charge is 0.241 e. The van der Waals surface area contributed by atoms with Crippen LogP contribution in [0.25, 0.3) is 0 Å². The van der Waals surface area contributed by atoms with E-state index in [0.717, 1.165) is 0 Å². The third-order valence-electron chi connectivity index (χ3n) is 3.21. The van der Waals surface area contributed by atoms with Crippen molar-refractivity contribution in [2.45, 2.75) is 6.23 Å². The van der Waals surface area contributed by atoms with Gasteiger partial charge in [0.1, 0.15) is 5.75 Å². The van der Waals surface area contributed by atoms with E-state index in [0.29, 0.717) is 21.4 Å². The Morgan fingerprint density at radius 1 is 1.00 bits per heavy atom. The zero-order valence-electron chi connectivity index (χ0n) is 11.9. The van der Waals surface area contributed by atoms with E-state index in [9.17, 15) is 4.79 Å². The molecule has 0 radical (unpaired) electrons. The maximum Gasteiger partial charge on any atom is 0.241 e. The predicted molar refractivity (Wildman–Crippen MR) is 89.1 cm³/mol. The first-order valence-corrected chi connectivity index (χ1v) is 7.58. The molecule has 6 heteroatoms. The van der Waals surface area contributed by atoms with Gasteiger partial charge in [-0.1, -0.05) is 23.2 Å². The molecule has 1 aromatic heterocycles. The highest BCUT2D eigenvalue weighted by atomic mass is 35.5. The highest BCUT2D eigenvalue weighted by molar-refractivity contribution is 6.30. The largest absolute Gasteiger partial charge is 0.462 e. The van der Waals surface area contributed by atoms with E-state index in [1.165, 1.54) is 6.33 Å². The van der Waals surface area contributed by atoms with Crippen LogP contribution in [0.5, 0.6) is 5.75 Å². The molecule has 23 heavy (non-hydrogen) atoms. The number of halogens is 2. The first-order chi connectivity index (χ1) is 11.1. The van der Waals surface area contributed by atoms with Gasteiger partial charge in [0.15, 0.2) is 0 Å². The SMILES string of the molecule is O=C(c1ccc(Cl)cc1)C(Oc1ccc(Cl)cc1)n1ccnc1. The molecule has 1 atom stereocenters. The van der Waals surface area contributed by atoms with Crippen LogP contribution in [-0.2, 0) is 0 Å². The highest BCUT2D eigenvalue weighted by Crippen LogP contribution is 2.23. The molecule has 3 rings (SSSR count). The minimum Gasteiger partial charge on any atom is -0.462 e. The lowest BCUT2D eigenvalue weighted by molar-refractivity contribution is 0.0653. The second kappa shape index (κ2) is 6.86. The number of benzene rings is 2. The number of Topliss-reactive ketones (excluding diaryl/α,β-unsaturated/α-hetero) is 1. The van der Waals surface area contributed by atoms with Crippen LogP contribution >= 0.6 is 23.2 Å². The Morgan fingerprint density at radius 3 is 2.17 bits per heavy atom. The normalized spacial score (nSPS) is 11.9. The fourth-order valence-electron chi connectivity index (χ4n) is 2.06. The van der Waals surface area contributed by atoms with E-state index < -0.39 is 6.23 Å². The van der Waals surface area contributed by atoms with Gasteiger partial charge in [0, 0.05) is 28.0 Å². The molecule has 0 saturated carbocycles. The Kier molecular flexibility index (Phi) is 4.65. The topological polar surface area (TPSA) is 44.1 Å². The van der Waals surface area contributed by atoms with E-state index in [-0.39, 0.29) is 5.78 Å². The molecule has 1 unspecified atom stereocenters. The average Bonchev–Trinajstić information content (AvgIpc) is 3.08. The summed E-state index contributed by atoms with van der Waals surface area (Å²) < 4.78 is 7.44. The van der Waals surface area contributed by atoms with Crippen LogP contribution in [0, 0.1) is 0 Å². The fraction of sp³-hybridized carbons (Fsp3) is 0.0588. The maximum absolute atomic E-state index is 12.8. The molecule has 2 aromatic carbocycles. The summed E-state index contributed by atoms with van der Waals surface area (Å²) in [6, 6.07) is 13.5. The van der Waals surface area contributed by atoms with Gasteiger partial charge < -0.3 is 4.74 Å². The summed E-state index contributed by atoms with van der Waals surface area (Å²) in [5.74, 6) is 0.338. The molecule has 0 N–H and O–H groups in total. The third kappa shape index (κ3) is 3.73. The van der Waals surface area contributed by atoms with Gasteiger partial charge in [0.05, 0.1) is 6.33 Å². The number of hydrogen-bond donors (Lipinski definition) is 0. The Bertz CT molecular complexity index is 784. The minimum absolute atomic E-state index is 0.199. The number of ether oxygens (including phenoxy) is 1. The van der Waals surface area contributed by atoms with E-state index in [1.807, 2.05) is 0 Å². The van der Waals surface area contributed by atoms with E-state index in [1.54, 1.807) is 65.5 Å². The molecular weight excluding hydrogens is 335 g/mol. The molecule has 0 fully saturated rings. The molecule has 4 nitrogen and oxygen atoms in total. The van der Waals surface area contributed by atoms with Crippen molar-refractivity contribution in [2.75, 3.05) is 0 Å². The number of rotatable bonds is 5. The second-order valence-corrected chi connectivity index (χ2v) is 5.68. The Labute approximate surface area is 143 Å². The van der Waals surface area contributed by atoms with Gasteiger partial charge in [-0.15, -0.1) is 0 Å². The zero-order valence-corrected chi connectivity index (χ0v) is 13.4. The molecule has 0 amide bonds. The van der Waals surface area contributed by atoms with Gasteiger partial charge in [-0.25, -0.2) is 4.98 Å². The second-order valence-electron chi connectivity index (χ2n) is 4.81. The van der Waals surface area contributed by atoms with E-state index in [4.69, 9.17) is 27.9 Å². The van der Waals surface area contributed by atoms with E-state index in [2.05, 4.69) is 4.98 Å². The molecule has 1 heterocycles. The monoisotopic (exact) mass is 346 g/mol. The predicted octanol–water partition coefficient (Wildman–Crippen LogP) is 4.65. The van der Waals surface area contributed by atoms with Crippen molar-refractivity contribution in [1.82, 2.24) is 9.55 Å². The highest BCUT2D eigenvalue weighted by Gasteiger charge is 2.23. The summed E-state index contributed by atoms with van der Waals surface area (Å²) in [7, 11) is 0. The van der Waals surface area contributed by atoms with Crippen LogP contribution in [0.1, 0.15) is 16.6 Å². The van der Waals surface area contributed by atoms with Crippen LogP contribution in [0.2, 0.25) is 10.0 Å². The lowest BCUT2D eigenvalue weighted by atomic mass is 10.1. The molecule has 0 bridgehead atoms. The van der Waals surface area contributed by atoms with Crippen molar-refractivity contribution in [3.05, 3.63) is 82.9 Å². The summed E-state index contributed by atoms with van der Waals surface area (Å²) in [6.45, 7) is 0. The maximum atomic E-state index is 12.8. The number of imidazole rings is 1. The van der Waals surface area contributed by atoms with Gasteiger partial charge in [-0.3, -0.25) is 9.36 Å². The van der Waals surface area contributed by atoms with Crippen molar-refractivity contribution in [3.8, 4) is 5.75 Å². The number of hydrogen-bond acceptors (Lipinski definition) is 3. The van der Waals surface area contributed by atoms with Crippen molar-refractivity contribution in [3.63, 3.8) is 0 Å². The molecule has 116 valence electrons. The van der Waals surface area contributed by atoms with Gasteiger partial charge in [-0.05, 0) is 48.5 Å². The summed E-state index contributed by atoms with van der Waals surface area (Å²) >= 11 is 11.7. The molecule has 0 saturated heterocycles. The van der Waals surface area contributed by atoms with Crippen LogP contribution < -0.4 is 4.74 Å². The van der Waals surface area contributed by atoms with Crippen molar-refractivity contribution in [2.24, 2.45) is 0 Å². The molecule has 3 aromatic rings. The summed E-state index contributed by atoms with van der Waals surface area (Å²) in [4.78, 5) is 16.8. The minimum atomic E-state index is -0.861. The van der Waals surface area contributed by atoms with Crippen molar-refractivity contribution >= 4 is 29.0 Å². The number of nitrogens with zero attached hydrogens (tertiary/aromatic N) is 2. The quantitative estimate of drug-likeness (QED) is 0.631. The molecule has 0 spiro atoms. The summed E-state index contributed by atoms with van der Waals surface area (Å²) in [5, 5.41) is 1.17. The van der Waals surface area contributed by atoms with Crippen molar-refractivity contribution in [1.29, 1.82) is 0 Å². The standard InChI is InChI=1S/C17H12Cl2N2O2/c18-13-3-1-12(2-4-13)16(22)17(21-10-9-20-11-21)23-15-7-5-14(19)6-8-15/h1-11,17H. The van der Waals surface area contributed by atoms with Gasteiger partial charge >= 0.3 is 0 Å². The summed E-state index contributed by atoms with van der Waals surface area (Å²) in [6.07, 6.45) is 3.94. The number of ketones is 1. The number of aromatic nitrogens is 2. The van der Waals surface area contributed by atoms with Crippen LogP contribution in [0.3, 0.4) is 0 Å². The van der Waals surface area contributed by atoms with E-state index >= 15 is 0 Å².